The molecule has 0 amide bonds. The molecule has 2 saturated carbocycles. The van der Waals surface area contributed by atoms with E-state index >= 15 is 0 Å². The summed E-state index contributed by atoms with van der Waals surface area (Å²) in [5.41, 5.74) is 7.30. The van der Waals surface area contributed by atoms with Crippen LogP contribution in [0.25, 0.3) is 0 Å². The summed E-state index contributed by atoms with van der Waals surface area (Å²) in [5.74, 6) is 1.58. The fraction of sp³-hybridized carbons (Fsp3) is 0.647. The summed E-state index contributed by atoms with van der Waals surface area (Å²) in [7, 11) is 0. The lowest BCUT2D eigenvalue weighted by atomic mass is 9.70. The molecule has 0 aromatic heterocycles. The van der Waals surface area contributed by atoms with Crippen LogP contribution in [0.15, 0.2) is 18.2 Å². The number of halogens is 1. The van der Waals surface area contributed by atoms with Crippen LogP contribution in [0.4, 0.5) is 0 Å². The van der Waals surface area contributed by atoms with Gasteiger partial charge in [0, 0.05) is 12.0 Å². The molecule has 3 heteroatoms. The molecule has 0 heterocycles. The summed E-state index contributed by atoms with van der Waals surface area (Å²) in [6.45, 7) is 7.68. The second kappa shape index (κ2) is 4.64. The molecule has 2 aliphatic carbocycles. The number of benzene rings is 1. The first kappa shape index (κ1) is 14.2. The summed E-state index contributed by atoms with van der Waals surface area (Å²) in [6.07, 6.45) is 4.02. The van der Waals surface area contributed by atoms with E-state index in [4.69, 9.17) is 22.1 Å². The Morgan fingerprint density at radius 3 is 2.60 bits per heavy atom. The maximum Gasteiger partial charge on any atom is 0.138 e. The zero-order chi connectivity index (χ0) is 14.5. The van der Waals surface area contributed by atoms with Gasteiger partial charge >= 0.3 is 0 Å². The summed E-state index contributed by atoms with van der Waals surface area (Å²) < 4.78 is 6.31. The Hall–Kier alpha value is -0.730. The smallest absolute Gasteiger partial charge is 0.138 e. The van der Waals surface area contributed by atoms with Gasteiger partial charge in [0.05, 0.1) is 5.02 Å². The predicted octanol–water partition coefficient (Wildman–Crippen LogP) is 4.39. The second-order valence-corrected chi connectivity index (χ2v) is 7.59. The highest BCUT2D eigenvalue weighted by atomic mass is 35.5. The number of fused-ring (bicyclic) bond motifs is 2. The molecule has 0 spiro atoms. The van der Waals surface area contributed by atoms with Crippen LogP contribution in [0.3, 0.4) is 0 Å². The molecular formula is C17H24ClNO. The Labute approximate surface area is 126 Å². The molecule has 1 aromatic carbocycles. The van der Waals surface area contributed by atoms with Crippen molar-refractivity contribution < 1.29 is 4.74 Å². The van der Waals surface area contributed by atoms with Crippen LogP contribution in [0.5, 0.6) is 5.75 Å². The SMILES string of the molecule is CC1(C)C2CCC1(C)C(Oc1ccc(CN)cc1Cl)C2. The van der Waals surface area contributed by atoms with Crippen LogP contribution in [-0.4, -0.2) is 6.10 Å². The lowest BCUT2D eigenvalue weighted by Crippen LogP contribution is -2.38. The standard InChI is InChI=1S/C17H24ClNO/c1-16(2)12-6-7-17(16,3)15(9-12)20-14-5-4-11(10-19)8-13(14)18/h4-5,8,12,15H,6-7,9-10,19H2,1-3H3. The van der Waals surface area contributed by atoms with Crippen LogP contribution in [0.1, 0.15) is 45.6 Å². The normalized spacial score (nSPS) is 34.5. The van der Waals surface area contributed by atoms with Gasteiger partial charge in [0.2, 0.25) is 0 Å². The van der Waals surface area contributed by atoms with Gasteiger partial charge in [-0.25, -0.2) is 0 Å². The molecule has 2 bridgehead atoms. The van der Waals surface area contributed by atoms with E-state index in [0.717, 1.165) is 23.7 Å². The largest absolute Gasteiger partial charge is 0.488 e. The first-order valence-corrected chi connectivity index (χ1v) is 7.91. The molecular weight excluding hydrogens is 270 g/mol. The number of rotatable bonds is 3. The molecule has 3 rings (SSSR count). The summed E-state index contributed by atoms with van der Waals surface area (Å²) in [6, 6.07) is 5.88. The molecule has 3 atom stereocenters. The Morgan fingerprint density at radius 1 is 1.35 bits per heavy atom. The average molecular weight is 294 g/mol. The van der Waals surface area contributed by atoms with Crippen molar-refractivity contribution in [2.45, 2.75) is 52.7 Å². The van der Waals surface area contributed by atoms with Crippen molar-refractivity contribution in [1.82, 2.24) is 0 Å². The molecule has 0 radical (unpaired) electrons. The fourth-order valence-electron chi connectivity index (χ4n) is 4.23. The van der Waals surface area contributed by atoms with Gasteiger partial charge in [-0.3, -0.25) is 0 Å². The molecule has 2 fully saturated rings. The Bertz CT molecular complexity index is 528. The van der Waals surface area contributed by atoms with E-state index in [1.165, 1.54) is 12.8 Å². The van der Waals surface area contributed by atoms with Crippen molar-refractivity contribution >= 4 is 11.6 Å². The van der Waals surface area contributed by atoms with Gasteiger partial charge in [0.25, 0.3) is 0 Å². The van der Waals surface area contributed by atoms with Crippen molar-refractivity contribution in [3.8, 4) is 5.75 Å². The Morgan fingerprint density at radius 2 is 2.10 bits per heavy atom. The maximum atomic E-state index is 6.32. The van der Waals surface area contributed by atoms with Crippen LogP contribution >= 0.6 is 11.6 Å². The third kappa shape index (κ3) is 1.88. The first-order valence-electron chi connectivity index (χ1n) is 7.53. The Kier molecular flexibility index (Phi) is 3.30. The van der Waals surface area contributed by atoms with E-state index in [9.17, 15) is 0 Å². The molecule has 20 heavy (non-hydrogen) atoms. The van der Waals surface area contributed by atoms with Gasteiger partial charge in [-0.05, 0) is 48.3 Å². The van der Waals surface area contributed by atoms with Gasteiger partial charge in [0.1, 0.15) is 11.9 Å². The molecule has 110 valence electrons. The van der Waals surface area contributed by atoms with Crippen molar-refractivity contribution in [3.63, 3.8) is 0 Å². The molecule has 3 unspecified atom stereocenters. The quantitative estimate of drug-likeness (QED) is 0.897. The van der Waals surface area contributed by atoms with Gasteiger partial charge in [-0.1, -0.05) is 38.4 Å². The highest BCUT2D eigenvalue weighted by molar-refractivity contribution is 6.32. The van der Waals surface area contributed by atoms with Crippen LogP contribution < -0.4 is 10.5 Å². The van der Waals surface area contributed by atoms with Crippen LogP contribution in [0, 0.1) is 16.7 Å². The van der Waals surface area contributed by atoms with Crippen molar-refractivity contribution in [1.29, 1.82) is 0 Å². The van der Waals surface area contributed by atoms with Gasteiger partial charge in [-0.2, -0.15) is 0 Å². The van der Waals surface area contributed by atoms with Crippen molar-refractivity contribution in [3.05, 3.63) is 28.8 Å². The molecule has 0 aliphatic heterocycles. The molecule has 1 aromatic rings. The monoisotopic (exact) mass is 293 g/mol. The van der Waals surface area contributed by atoms with E-state index < -0.39 is 0 Å². The van der Waals surface area contributed by atoms with Gasteiger partial charge in [0.15, 0.2) is 0 Å². The Balaban J connectivity index is 1.83. The summed E-state index contributed by atoms with van der Waals surface area (Å²) in [5, 5.41) is 0.678. The summed E-state index contributed by atoms with van der Waals surface area (Å²) in [4.78, 5) is 0. The van der Waals surface area contributed by atoms with Crippen molar-refractivity contribution in [2.24, 2.45) is 22.5 Å². The maximum absolute atomic E-state index is 6.32. The van der Waals surface area contributed by atoms with E-state index in [1.807, 2.05) is 18.2 Å². The minimum Gasteiger partial charge on any atom is -0.488 e. The minimum absolute atomic E-state index is 0.257. The molecule has 2 aliphatic rings. The van der Waals surface area contributed by atoms with Crippen LogP contribution in [0.2, 0.25) is 5.02 Å². The predicted molar refractivity (Wildman–Crippen MR) is 83.0 cm³/mol. The highest BCUT2D eigenvalue weighted by Crippen LogP contribution is 2.66. The first-order chi connectivity index (χ1) is 9.38. The zero-order valence-corrected chi connectivity index (χ0v) is 13.3. The molecule has 2 N–H and O–H groups in total. The third-order valence-electron chi connectivity index (χ3n) is 6.22. The number of hydrogen-bond donors (Lipinski definition) is 1. The van der Waals surface area contributed by atoms with Gasteiger partial charge < -0.3 is 10.5 Å². The fourth-order valence-corrected chi connectivity index (χ4v) is 4.48. The zero-order valence-electron chi connectivity index (χ0n) is 12.6. The van der Waals surface area contributed by atoms with E-state index in [1.54, 1.807) is 0 Å². The minimum atomic E-state index is 0.257. The average Bonchev–Trinajstić information content (AvgIpc) is 2.74. The lowest BCUT2D eigenvalue weighted by molar-refractivity contribution is 0.0302. The lowest BCUT2D eigenvalue weighted by Gasteiger charge is -2.39. The van der Waals surface area contributed by atoms with Gasteiger partial charge in [-0.15, -0.1) is 0 Å². The van der Waals surface area contributed by atoms with E-state index in [2.05, 4.69) is 20.8 Å². The van der Waals surface area contributed by atoms with E-state index in [0.29, 0.717) is 17.0 Å². The van der Waals surface area contributed by atoms with Crippen molar-refractivity contribution in [2.75, 3.05) is 0 Å². The second-order valence-electron chi connectivity index (χ2n) is 7.19. The van der Waals surface area contributed by atoms with Crippen LogP contribution in [-0.2, 0) is 6.54 Å². The number of nitrogens with two attached hydrogens (primary N) is 1. The molecule has 2 nitrogen and oxygen atoms in total. The third-order valence-corrected chi connectivity index (χ3v) is 6.51. The number of hydrogen-bond acceptors (Lipinski definition) is 2. The number of ether oxygens (including phenoxy) is 1. The molecule has 0 saturated heterocycles. The topological polar surface area (TPSA) is 35.2 Å². The summed E-state index contributed by atoms with van der Waals surface area (Å²) >= 11 is 6.32. The van der Waals surface area contributed by atoms with E-state index in [-0.39, 0.29) is 11.5 Å². The highest BCUT2D eigenvalue weighted by Gasteiger charge is 2.62.